The quantitative estimate of drug-likeness (QED) is 0.491. The number of amides is 3. The maximum atomic E-state index is 13.8. The number of nitrogens with zero attached hydrogens (tertiary/aromatic N) is 2. The normalized spacial score (nSPS) is 15.5. The van der Waals surface area contributed by atoms with E-state index in [1.165, 1.54) is 23.1 Å². The molecule has 0 radical (unpaired) electrons. The Hall–Kier alpha value is -4.00. The van der Waals surface area contributed by atoms with Gasteiger partial charge in [-0.1, -0.05) is 37.3 Å². The molecule has 3 amide bonds. The van der Waals surface area contributed by atoms with Gasteiger partial charge in [0, 0.05) is 12.1 Å². The fraction of sp³-hybridized carbons (Fsp3) is 0.222. The van der Waals surface area contributed by atoms with Crippen molar-refractivity contribution in [3.63, 3.8) is 0 Å². The summed E-state index contributed by atoms with van der Waals surface area (Å²) in [5.74, 6) is -1.29. The summed E-state index contributed by atoms with van der Waals surface area (Å²) < 4.78 is 19.0. The number of anilines is 1. The second kappa shape index (κ2) is 9.87. The summed E-state index contributed by atoms with van der Waals surface area (Å²) in [4.78, 5) is 42.2. The molecule has 174 valence electrons. The second-order valence-electron chi connectivity index (χ2n) is 8.10. The molecule has 1 saturated heterocycles. The molecule has 0 spiro atoms. The maximum Gasteiger partial charge on any atom is 0.257 e. The Labute approximate surface area is 197 Å². The Kier molecular flexibility index (Phi) is 6.72. The van der Waals surface area contributed by atoms with Crippen LogP contribution in [0.2, 0.25) is 0 Å². The van der Waals surface area contributed by atoms with E-state index in [9.17, 15) is 18.8 Å². The molecule has 6 nitrogen and oxygen atoms in total. The number of hydrogen-bond acceptors (Lipinski definition) is 4. The van der Waals surface area contributed by atoms with E-state index in [1.807, 2.05) is 19.1 Å². The number of carbonyl (C=O) groups is 3. The van der Waals surface area contributed by atoms with Crippen molar-refractivity contribution >= 4 is 23.4 Å². The maximum absolute atomic E-state index is 13.8. The molecule has 0 unspecified atom stereocenters. The molecule has 1 fully saturated rings. The van der Waals surface area contributed by atoms with Gasteiger partial charge >= 0.3 is 0 Å². The molecule has 34 heavy (non-hydrogen) atoms. The highest BCUT2D eigenvalue weighted by molar-refractivity contribution is 6.23. The van der Waals surface area contributed by atoms with E-state index in [0.717, 1.165) is 28.5 Å². The Bertz CT molecular complexity index is 1210. The lowest BCUT2D eigenvalue weighted by molar-refractivity contribution is -0.122. The molecule has 0 N–H and O–H groups in total. The van der Waals surface area contributed by atoms with Gasteiger partial charge in [0.25, 0.3) is 11.8 Å². The third-order valence-corrected chi connectivity index (χ3v) is 5.95. The van der Waals surface area contributed by atoms with Crippen LogP contribution in [-0.4, -0.2) is 35.8 Å². The zero-order valence-corrected chi connectivity index (χ0v) is 19.0. The molecule has 4 rings (SSSR count). The first kappa shape index (κ1) is 23.2. The topological polar surface area (TPSA) is 66.9 Å². The minimum atomic E-state index is -1.00. The van der Waals surface area contributed by atoms with Crippen LogP contribution in [0.5, 0.6) is 5.75 Å². The molecule has 0 aromatic heterocycles. The van der Waals surface area contributed by atoms with E-state index in [-0.39, 0.29) is 24.4 Å². The van der Waals surface area contributed by atoms with E-state index in [2.05, 4.69) is 0 Å². The van der Waals surface area contributed by atoms with Crippen molar-refractivity contribution in [2.75, 3.05) is 12.0 Å². The minimum absolute atomic E-state index is 0.0750. The Morgan fingerprint density at radius 3 is 2.32 bits per heavy atom. The van der Waals surface area contributed by atoms with Crippen LogP contribution in [0.1, 0.15) is 34.8 Å². The third-order valence-electron chi connectivity index (χ3n) is 5.95. The standard InChI is InChI=1S/C27H25FN2O4/c1-3-18-7-11-22(12-8-18)30-25(31)16-24(27(30)33)29(17-19-9-13-23(34-2)14-10-19)26(32)20-5-4-6-21(28)15-20/h4-15,24H,3,16-17H2,1-2H3/t24-/m1/s1. The number of benzene rings is 3. The monoisotopic (exact) mass is 460 g/mol. The van der Waals surface area contributed by atoms with Gasteiger partial charge in [-0.15, -0.1) is 0 Å². The summed E-state index contributed by atoms with van der Waals surface area (Å²) >= 11 is 0. The molecule has 0 saturated carbocycles. The Morgan fingerprint density at radius 2 is 1.71 bits per heavy atom. The van der Waals surface area contributed by atoms with Gasteiger partial charge in [0.1, 0.15) is 17.6 Å². The largest absolute Gasteiger partial charge is 0.497 e. The average molecular weight is 461 g/mol. The molecule has 1 aliphatic rings. The lowest BCUT2D eigenvalue weighted by atomic mass is 10.1. The Balaban J connectivity index is 1.67. The van der Waals surface area contributed by atoms with Crippen molar-refractivity contribution in [3.05, 3.63) is 95.3 Å². The van der Waals surface area contributed by atoms with Crippen molar-refractivity contribution < 1.29 is 23.5 Å². The highest BCUT2D eigenvalue weighted by Crippen LogP contribution is 2.28. The van der Waals surface area contributed by atoms with Crippen LogP contribution in [0.3, 0.4) is 0 Å². The number of rotatable bonds is 7. The zero-order chi connectivity index (χ0) is 24.2. The molecule has 1 atom stereocenters. The lowest BCUT2D eigenvalue weighted by Gasteiger charge is -2.28. The van der Waals surface area contributed by atoms with Crippen molar-refractivity contribution in [1.82, 2.24) is 4.90 Å². The van der Waals surface area contributed by atoms with E-state index < -0.39 is 23.7 Å². The average Bonchev–Trinajstić information content (AvgIpc) is 3.15. The molecule has 1 heterocycles. The number of methoxy groups -OCH3 is 1. The molecule has 1 aliphatic heterocycles. The molecule has 3 aromatic rings. The van der Waals surface area contributed by atoms with Crippen molar-refractivity contribution in [2.45, 2.75) is 32.4 Å². The summed E-state index contributed by atoms with van der Waals surface area (Å²) in [5.41, 5.74) is 2.41. The first-order valence-corrected chi connectivity index (χ1v) is 11.1. The number of halogens is 1. The summed E-state index contributed by atoms with van der Waals surface area (Å²) in [6, 6.07) is 18.6. The first-order valence-electron chi connectivity index (χ1n) is 11.1. The van der Waals surface area contributed by atoms with Gasteiger partial charge in [-0.2, -0.15) is 0 Å². The van der Waals surface area contributed by atoms with E-state index in [1.54, 1.807) is 43.5 Å². The molecule has 0 aliphatic carbocycles. The minimum Gasteiger partial charge on any atom is -0.497 e. The van der Waals surface area contributed by atoms with Gasteiger partial charge in [-0.05, 0) is 60.0 Å². The van der Waals surface area contributed by atoms with Crippen molar-refractivity contribution in [1.29, 1.82) is 0 Å². The van der Waals surface area contributed by atoms with E-state index in [4.69, 9.17) is 4.74 Å². The van der Waals surface area contributed by atoms with E-state index >= 15 is 0 Å². The lowest BCUT2D eigenvalue weighted by Crippen LogP contribution is -2.45. The molecule has 0 bridgehead atoms. The van der Waals surface area contributed by atoms with Crippen LogP contribution in [-0.2, 0) is 22.6 Å². The highest BCUT2D eigenvalue weighted by Gasteiger charge is 2.44. The predicted molar refractivity (Wildman–Crippen MR) is 126 cm³/mol. The van der Waals surface area contributed by atoms with Gasteiger partial charge in [-0.3, -0.25) is 14.4 Å². The second-order valence-corrected chi connectivity index (χ2v) is 8.10. The fourth-order valence-corrected chi connectivity index (χ4v) is 4.05. The summed E-state index contributed by atoms with van der Waals surface area (Å²) in [6.45, 7) is 2.10. The number of ether oxygens (including phenoxy) is 1. The molecule has 7 heteroatoms. The summed E-state index contributed by atoms with van der Waals surface area (Å²) in [7, 11) is 1.55. The fourth-order valence-electron chi connectivity index (χ4n) is 4.05. The van der Waals surface area contributed by atoms with Gasteiger partial charge in [-0.25, -0.2) is 9.29 Å². The van der Waals surface area contributed by atoms with Gasteiger partial charge in [0.2, 0.25) is 5.91 Å². The number of hydrogen-bond donors (Lipinski definition) is 0. The first-order chi connectivity index (χ1) is 16.4. The van der Waals surface area contributed by atoms with Crippen LogP contribution < -0.4 is 9.64 Å². The van der Waals surface area contributed by atoms with Crippen LogP contribution >= 0.6 is 0 Å². The van der Waals surface area contributed by atoms with Crippen molar-refractivity contribution in [2.24, 2.45) is 0 Å². The molecular weight excluding hydrogens is 435 g/mol. The summed E-state index contributed by atoms with van der Waals surface area (Å²) in [6.07, 6.45) is 0.689. The van der Waals surface area contributed by atoms with Gasteiger partial charge < -0.3 is 9.64 Å². The molecule has 3 aromatic carbocycles. The van der Waals surface area contributed by atoms with Crippen molar-refractivity contribution in [3.8, 4) is 5.75 Å². The Morgan fingerprint density at radius 1 is 1.03 bits per heavy atom. The smallest absolute Gasteiger partial charge is 0.257 e. The number of carbonyl (C=O) groups excluding carboxylic acids is 3. The SMILES string of the molecule is CCc1ccc(N2C(=O)C[C@@H](N(Cc3ccc(OC)cc3)C(=O)c3cccc(F)c3)C2=O)cc1. The number of aryl methyl sites for hydroxylation is 1. The highest BCUT2D eigenvalue weighted by atomic mass is 19.1. The zero-order valence-electron chi connectivity index (χ0n) is 19.0. The van der Waals surface area contributed by atoms with Crippen LogP contribution in [0, 0.1) is 5.82 Å². The third kappa shape index (κ3) is 4.69. The molecular formula is C27H25FN2O4. The van der Waals surface area contributed by atoms with Gasteiger partial charge in [0.05, 0.1) is 19.2 Å². The van der Waals surface area contributed by atoms with Crippen LogP contribution in [0.4, 0.5) is 10.1 Å². The predicted octanol–water partition coefficient (Wildman–Crippen LogP) is 4.37. The van der Waals surface area contributed by atoms with E-state index in [0.29, 0.717) is 11.4 Å². The van der Waals surface area contributed by atoms with Crippen LogP contribution in [0.25, 0.3) is 0 Å². The number of imide groups is 1. The van der Waals surface area contributed by atoms with Crippen LogP contribution in [0.15, 0.2) is 72.8 Å². The summed E-state index contributed by atoms with van der Waals surface area (Å²) in [5, 5.41) is 0. The van der Waals surface area contributed by atoms with Gasteiger partial charge in [0.15, 0.2) is 0 Å².